The van der Waals surface area contributed by atoms with Crippen molar-refractivity contribution in [3.05, 3.63) is 42.2 Å². The summed E-state index contributed by atoms with van der Waals surface area (Å²) in [5.41, 5.74) is 3.84. The van der Waals surface area contributed by atoms with Gasteiger partial charge in [0, 0.05) is 25.4 Å². The van der Waals surface area contributed by atoms with Crippen LogP contribution in [0.25, 0.3) is 11.1 Å². The van der Waals surface area contributed by atoms with E-state index in [0.717, 1.165) is 26.1 Å². The van der Waals surface area contributed by atoms with Crippen LogP contribution in [0.3, 0.4) is 0 Å². The van der Waals surface area contributed by atoms with Gasteiger partial charge in [-0.25, -0.2) is 0 Å². The lowest BCUT2D eigenvalue weighted by molar-refractivity contribution is 0.308. The quantitative estimate of drug-likeness (QED) is 0.793. The summed E-state index contributed by atoms with van der Waals surface area (Å²) in [6.07, 6.45) is 5.09. The van der Waals surface area contributed by atoms with Gasteiger partial charge in [0.05, 0.1) is 6.20 Å². The van der Waals surface area contributed by atoms with Crippen molar-refractivity contribution in [2.75, 3.05) is 19.6 Å². The highest BCUT2D eigenvalue weighted by Gasteiger charge is 2.03. The Kier molecular flexibility index (Phi) is 4.74. The molecular formula is C16H23N3. The second kappa shape index (κ2) is 6.53. The molecule has 0 aliphatic rings. The summed E-state index contributed by atoms with van der Waals surface area (Å²) >= 11 is 0. The van der Waals surface area contributed by atoms with Gasteiger partial charge < -0.3 is 4.90 Å². The fourth-order valence-electron chi connectivity index (χ4n) is 2.30. The predicted molar refractivity (Wildman–Crippen MR) is 80.1 cm³/mol. The van der Waals surface area contributed by atoms with Crippen LogP contribution >= 0.6 is 0 Å². The first kappa shape index (κ1) is 13.8. The van der Waals surface area contributed by atoms with Gasteiger partial charge in [-0.2, -0.15) is 5.10 Å². The Morgan fingerprint density at radius 3 is 2.58 bits per heavy atom. The fourth-order valence-corrected chi connectivity index (χ4v) is 2.30. The molecule has 0 radical (unpaired) electrons. The average molecular weight is 257 g/mol. The normalized spacial score (nSPS) is 11.2. The van der Waals surface area contributed by atoms with Crippen molar-refractivity contribution in [3.63, 3.8) is 0 Å². The number of rotatable bonds is 6. The van der Waals surface area contributed by atoms with Gasteiger partial charge in [0.2, 0.25) is 0 Å². The first-order valence-electron chi connectivity index (χ1n) is 7.03. The predicted octanol–water partition coefficient (Wildman–Crippen LogP) is 2.97. The van der Waals surface area contributed by atoms with Crippen molar-refractivity contribution >= 4 is 0 Å². The fraction of sp³-hybridized carbons (Fsp3) is 0.438. The maximum atomic E-state index is 4.23. The molecule has 0 spiro atoms. The summed E-state index contributed by atoms with van der Waals surface area (Å²) in [5.74, 6) is 0. The molecule has 2 aromatic rings. The number of aryl methyl sites for hydroxylation is 1. The molecule has 0 aliphatic heterocycles. The van der Waals surface area contributed by atoms with Gasteiger partial charge in [-0.3, -0.25) is 4.68 Å². The Morgan fingerprint density at radius 2 is 1.95 bits per heavy atom. The van der Waals surface area contributed by atoms with Crippen LogP contribution < -0.4 is 0 Å². The van der Waals surface area contributed by atoms with E-state index in [9.17, 15) is 0 Å². The van der Waals surface area contributed by atoms with Gasteiger partial charge >= 0.3 is 0 Å². The summed E-state index contributed by atoms with van der Waals surface area (Å²) in [4.78, 5) is 2.46. The van der Waals surface area contributed by atoms with Crippen molar-refractivity contribution in [1.29, 1.82) is 0 Å². The Hall–Kier alpha value is -1.61. The van der Waals surface area contributed by atoms with Gasteiger partial charge in [0.25, 0.3) is 0 Å². The third kappa shape index (κ3) is 3.67. The molecule has 0 atom stereocenters. The lowest BCUT2D eigenvalue weighted by Crippen LogP contribution is -2.25. The monoisotopic (exact) mass is 257 g/mol. The molecule has 1 heterocycles. The largest absolute Gasteiger partial charge is 0.304 e. The Balaban J connectivity index is 2.07. The molecule has 1 aromatic carbocycles. The number of likely N-dealkylation sites (N-methyl/N-ethyl adjacent to an activating group) is 1. The Morgan fingerprint density at radius 1 is 1.16 bits per heavy atom. The highest BCUT2D eigenvalue weighted by molar-refractivity contribution is 5.62. The molecular weight excluding hydrogens is 234 g/mol. The second-order valence-corrected chi connectivity index (χ2v) is 4.88. The Labute approximate surface area is 115 Å². The van der Waals surface area contributed by atoms with E-state index in [1.165, 1.54) is 16.7 Å². The molecule has 3 heteroatoms. The zero-order valence-electron chi connectivity index (χ0n) is 12.1. The van der Waals surface area contributed by atoms with E-state index in [-0.39, 0.29) is 0 Å². The second-order valence-electron chi connectivity index (χ2n) is 4.88. The van der Waals surface area contributed by atoms with E-state index < -0.39 is 0 Å². The Bertz CT molecular complexity index is 512. The SMILES string of the molecule is CCN(CC)CCc1cccc(-c2cnn(C)c2)c1. The maximum absolute atomic E-state index is 4.23. The topological polar surface area (TPSA) is 21.1 Å². The smallest absolute Gasteiger partial charge is 0.0568 e. The minimum atomic E-state index is 1.11. The summed E-state index contributed by atoms with van der Waals surface area (Å²) in [5, 5.41) is 4.23. The third-order valence-electron chi connectivity index (χ3n) is 3.58. The first-order chi connectivity index (χ1) is 9.22. The van der Waals surface area contributed by atoms with E-state index >= 15 is 0 Å². The standard InChI is InChI=1S/C16H23N3/c1-4-19(5-2)10-9-14-7-6-8-15(11-14)16-12-17-18(3)13-16/h6-8,11-13H,4-5,9-10H2,1-3H3. The van der Waals surface area contributed by atoms with E-state index in [1.807, 2.05) is 17.9 Å². The minimum absolute atomic E-state index is 1.11. The number of hydrogen-bond acceptors (Lipinski definition) is 2. The van der Waals surface area contributed by atoms with Crippen molar-refractivity contribution in [3.8, 4) is 11.1 Å². The van der Waals surface area contributed by atoms with Crippen molar-refractivity contribution in [2.45, 2.75) is 20.3 Å². The third-order valence-corrected chi connectivity index (χ3v) is 3.58. The number of hydrogen-bond donors (Lipinski definition) is 0. The van der Waals surface area contributed by atoms with E-state index in [0.29, 0.717) is 0 Å². The molecule has 0 amide bonds. The van der Waals surface area contributed by atoms with E-state index in [2.05, 4.69) is 54.3 Å². The van der Waals surface area contributed by atoms with Crippen molar-refractivity contribution in [2.24, 2.45) is 7.05 Å². The van der Waals surface area contributed by atoms with Gasteiger partial charge in [-0.15, -0.1) is 0 Å². The van der Waals surface area contributed by atoms with Crippen LogP contribution in [-0.2, 0) is 13.5 Å². The summed E-state index contributed by atoms with van der Waals surface area (Å²) in [7, 11) is 1.95. The lowest BCUT2D eigenvalue weighted by Gasteiger charge is -2.17. The summed E-state index contributed by atoms with van der Waals surface area (Å²) < 4.78 is 1.85. The summed E-state index contributed by atoms with van der Waals surface area (Å²) in [6, 6.07) is 8.78. The molecule has 2 rings (SSSR count). The van der Waals surface area contributed by atoms with Crippen LogP contribution in [0.4, 0.5) is 0 Å². The maximum Gasteiger partial charge on any atom is 0.0568 e. The van der Waals surface area contributed by atoms with Crippen LogP contribution in [0.5, 0.6) is 0 Å². The van der Waals surface area contributed by atoms with Gasteiger partial charge in [0.15, 0.2) is 0 Å². The van der Waals surface area contributed by atoms with Gasteiger partial charge in [-0.05, 0) is 30.6 Å². The lowest BCUT2D eigenvalue weighted by atomic mass is 10.0. The number of aromatic nitrogens is 2. The summed E-state index contributed by atoms with van der Waals surface area (Å²) in [6.45, 7) is 7.81. The van der Waals surface area contributed by atoms with Crippen molar-refractivity contribution in [1.82, 2.24) is 14.7 Å². The first-order valence-corrected chi connectivity index (χ1v) is 7.03. The molecule has 1 aromatic heterocycles. The van der Waals surface area contributed by atoms with E-state index in [4.69, 9.17) is 0 Å². The van der Waals surface area contributed by atoms with Crippen LogP contribution in [0.2, 0.25) is 0 Å². The molecule has 0 bridgehead atoms. The highest BCUT2D eigenvalue weighted by atomic mass is 15.2. The highest BCUT2D eigenvalue weighted by Crippen LogP contribution is 2.19. The molecule has 0 saturated heterocycles. The molecule has 0 aliphatic carbocycles. The molecule has 102 valence electrons. The average Bonchev–Trinajstić information content (AvgIpc) is 2.87. The van der Waals surface area contributed by atoms with Gasteiger partial charge in [0.1, 0.15) is 0 Å². The molecule has 0 fully saturated rings. The van der Waals surface area contributed by atoms with Gasteiger partial charge in [-0.1, -0.05) is 38.1 Å². The minimum Gasteiger partial charge on any atom is -0.304 e. The molecule has 0 unspecified atom stereocenters. The van der Waals surface area contributed by atoms with Crippen molar-refractivity contribution < 1.29 is 0 Å². The number of benzene rings is 1. The van der Waals surface area contributed by atoms with Crippen LogP contribution in [0.15, 0.2) is 36.7 Å². The zero-order chi connectivity index (χ0) is 13.7. The molecule has 0 saturated carbocycles. The molecule has 3 nitrogen and oxygen atoms in total. The zero-order valence-corrected chi connectivity index (χ0v) is 12.1. The molecule has 0 N–H and O–H groups in total. The van der Waals surface area contributed by atoms with E-state index in [1.54, 1.807) is 0 Å². The molecule has 19 heavy (non-hydrogen) atoms. The van der Waals surface area contributed by atoms with Crippen LogP contribution in [-0.4, -0.2) is 34.3 Å². The van der Waals surface area contributed by atoms with Crippen LogP contribution in [0, 0.1) is 0 Å². The number of nitrogens with zero attached hydrogens (tertiary/aromatic N) is 3. The van der Waals surface area contributed by atoms with Crippen LogP contribution in [0.1, 0.15) is 19.4 Å².